The summed E-state index contributed by atoms with van der Waals surface area (Å²) in [5.74, 6) is 0. The van der Waals surface area contributed by atoms with Crippen molar-refractivity contribution in [2.24, 2.45) is 0 Å². The molecular weight excluding hydrogens is 262 g/mol. The molecule has 0 radical (unpaired) electrons. The van der Waals surface area contributed by atoms with Gasteiger partial charge in [0.05, 0.1) is 6.04 Å². The van der Waals surface area contributed by atoms with Crippen LogP contribution in [0.5, 0.6) is 0 Å². The lowest BCUT2D eigenvalue weighted by Crippen LogP contribution is -2.33. The van der Waals surface area contributed by atoms with Crippen LogP contribution in [-0.2, 0) is 11.2 Å². The zero-order chi connectivity index (χ0) is 14.7. The van der Waals surface area contributed by atoms with Gasteiger partial charge >= 0.3 is 6.09 Å². The third-order valence-electron chi connectivity index (χ3n) is 3.67. The molecule has 1 saturated heterocycles. The Morgan fingerprint density at radius 3 is 2.38 bits per heavy atom. The average molecular weight is 279 g/mol. The van der Waals surface area contributed by atoms with Crippen LogP contribution in [0.25, 0.3) is 5.70 Å². The Labute approximate surface area is 124 Å². The number of cyclic esters (lactones) is 1. The van der Waals surface area contributed by atoms with Crippen molar-refractivity contribution in [1.82, 2.24) is 4.90 Å². The maximum absolute atomic E-state index is 12.0. The molecule has 1 heterocycles. The van der Waals surface area contributed by atoms with Crippen molar-refractivity contribution in [3.63, 3.8) is 0 Å². The third kappa shape index (κ3) is 2.82. The lowest BCUT2D eigenvalue weighted by molar-refractivity contribution is 0.167. The van der Waals surface area contributed by atoms with E-state index in [1.54, 1.807) is 4.90 Å². The summed E-state index contributed by atoms with van der Waals surface area (Å²) in [5, 5.41) is 0. The molecule has 1 amide bonds. The van der Waals surface area contributed by atoms with E-state index in [4.69, 9.17) is 4.74 Å². The van der Waals surface area contributed by atoms with Crippen LogP contribution in [0.2, 0.25) is 0 Å². The van der Waals surface area contributed by atoms with Crippen LogP contribution < -0.4 is 0 Å². The van der Waals surface area contributed by atoms with Gasteiger partial charge < -0.3 is 4.74 Å². The van der Waals surface area contributed by atoms with Crippen molar-refractivity contribution in [1.29, 1.82) is 0 Å². The van der Waals surface area contributed by atoms with Crippen molar-refractivity contribution in [3.8, 4) is 0 Å². The second-order valence-corrected chi connectivity index (χ2v) is 5.10. The van der Waals surface area contributed by atoms with E-state index >= 15 is 0 Å². The van der Waals surface area contributed by atoms with Crippen LogP contribution in [0, 0.1) is 0 Å². The fourth-order valence-electron chi connectivity index (χ4n) is 2.60. The predicted octanol–water partition coefficient (Wildman–Crippen LogP) is 3.72. The second kappa shape index (κ2) is 5.83. The Balaban J connectivity index is 1.81. The molecule has 2 aromatic rings. The SMILES string of the molecule is C=C(c1ccccc1)N1C(=O)OCC1Cc1ccccc1. The van der Waals surface area contributed by atoms with E-state index in [2.05, 4.69) is 18.7 Å². The van der Waals surface area contributed by atoms with Gasteiger partial charge in [0.2, 0.25) is 0 Å². The zero-order valence-electron chi connectivity index (χ0n) is 11.7. The minimum atomic E-state index is -0.315. The molecule has 1 unspecified atom stereocenters. The molecule has 0 saturated carbocycles. The summed E-state index contributed by atoms with van der Waals surface area (Å²) in [6, 6.07) is 19.8. The van der Waals surface area contributed by atoms with Gasteiger partial charge in [-0.15, -0.1) is 0 Å². The highest BCUT2D eigenvalue weighted by atomic mass is 16.6. The normalized spacial score (nSPS) is 17.6. The Kier molecular flexibility index (Phi) is 3.73. The maximum atomic E-state index is 12.0. The molecule has 1 aliphatic rings. The van der Waals surface area contributed by atoms with Gasteiger partial charge in [-0.1, -0.05) is 67.2 Å². The van der Waals surface area contributed by atoms with E-state index in [1.165, 1.54) is 5.56 Å². The molecule has 3 heteroatoms. The summed E-state index contributed by atoms with van der Waals surface area (Å²) in [6.07, 6.45) is 0.447. The van der Waals surface area contributed by atoms with Crippen LogP contribution in [0.15, 0.2) is 67.2 Å². The number of benzene rings is 2. The van der Waals surface area contributed by atoms with Crippen LogP contribution in [0.4, 0.5) is 4.79 Å². The van der Waals surface area contributed by atoms with E-state index in [0.717, 1.165) is 12.0 Å². The van der Waals surface area contributed by atoms with Gasteiger partial charge in [0.15, 0.2) is 0 Å². The minimum Gasteiger partial charge on any atom is -0.447 e. The monoisotopic (exact) mass is 279 g/mol. The van der Waals surface area contributed by atoms with Gasteiger partial charge in [0.25, 0.3) is 0 Å². The van der Waals surface area contributed by atoms with E-state index in [-0.39, 0.29) is 12.1 Å². The fraction of sp³-hybridized carbons (Fsp3) is 0.167. The van der Waals surface area contributed by atoms with Gasteiger partial charge in [-0.3, -0.25) is 4.90 Å². The second-order valence-electron chi connectivity index (χ2n) is 5.10. The van der Waals surface area contributed by atoms with Gasteiger partial charge in [0.1, 0.15) is 6.61 Å². The van der Waals surface area contributed by atoms with E-state index in [9.17, 15) is 4.79 Å². The van der Waals surface area contributed by atoms with Crippen LogP contribution in [0.3, 0.4) is 0 Å². The molecule has 0 bridgehead atoms. The molecule has 0 spiro atoms. The number of ether oxygens (including phenoxy) is 1. The molecule has 3 rings (SSSR count). The first-order chi connectivity index (χ1) is 10.3. The first-order valence-electron chi connectivity index (χ1n) is 7.00. The minimum absolute atomic E-state index is 0.00685. The number of hydrogen-bond acceptors (Lipinski definition) is 2. The van der Waals surface area contributed by atoms with Crippen LogP contribution in [0.1, 0.15) is 11.1 Å². The first kappa shape index (κ1) is 13.4. The molecule has 1 atom stereocenters. The van der Waals surface area contributed by atoms with Crippen LogP contribution >= 0.6 is 0 Å². The Hall–Kier alpha value is -2.55. The third-order valence-corrected chi connectivity index (χ3v) is 3.67. The quantitative estimate of drug-likeness (QED) is 0.853. The lowest BCUT2D eigenvalue weighted by atomic mass is 10.0. The van der Waals surface area contributed by atoms with Gasteiger partial charge in [0, 0.05) is 5.70 Å². The number of hydrogen-bond donors (Lipinski definition) is 0. The van der Waals surface area contributed by atoms with Gasteiger partial charge in [-0.25, -0.2) is 4.79 Å². The number of carbonyl (C=O) groups is 1. The molecule has 3 nitrogen and oxygen atoms in total. The van der Waals surface area contributed by atoms with Crippen LogP contribution in [-0.4, -0.2) is 23.6 Å². The molecule has 1 aliphatic heterocycles. The molecular formula is C18H17NO2. The number of amides is 1. The summed E-state index contributed by atoms with van der Waals surface area (Å²) >= 11 is 0. The molecule has 106 valence electrons. The highest BCUT2D eigenvalue weighted by Gasteiger charge is 2.35. The summed E-state index contributed by atoms with van der Waals surface area (Å²) in [7, 11) is 0. The zero-order valence-corrected chi connectivity index (χ0v) is 11.7. The van der Waals surface area contributed by atoms with Gasteiger partial charge in [-0.05, 0) is 17.5 Å². The summed E-state index contributed by atoms with van der Waals surface area (Å²) in [6.45, 7) is 4.48. The summed E-state index contributed by atoms with van der Waals surface area (Å²) < 4.78 is 5.22. The molecule has 1 fully saturated rings. The number of carbonyl (C=O) groups excluding carboxylic acids is 1. The van der Waals surface area contributed by atoms with Crippen molar-refractivity contribution in [3.05, 3.63) is 78.4 Å². The number of rotatable bonds is 4. The summed E-state index contributed by atoms with van der Waals surface area (Å²) in [5.41, 5.74) is 2.82. The van der Waals surface area contributed by atoms with Crippen molar-refractivity contribution in [2.75, 3.05) is 6.61 Å². The fourth-order valence-corrected chi connectivity index (χ4v) is 2.60. The Morgan fingerprint density at radius 1 is 1.10 bits per heavy atom. The molecule has 21 heavy (non-hydrogen) atoms. The predicted molar refractivity (Wildman–Crippen MR) is 82.6 cm³/mol. The molecule has 0 N–H and O–H groups in total. The molecule has 2 aromatic carbocycles. The van der Waals surface area contributed by atoms with Crippen molar-refractivity contribution in [2.45, 2.75) is 12.5 Å². The highest BCUT2D eigenvalue weighted by Crippen LogP contribution is 2.27. The molecule has 0 aromatic heterocycles. The Bertz CT molecular complexity index is 637. The Morgan fingerprint density at radius 2 is 1.71 bits per heavy atom. The maximum Gasteiger partial charge on any atom is 0.414 e. The summed E-state index contributed by atoms with van der Waals surface area (Å²) in [4.78, 5) is 13.7. The first-order valence-corrected chi connectivity index (χ1v) is 7.00. The average Bonchev–Trinajstić information content (AvgIpc) is 2.89. The van der Waals surface area contributed by atoms with Crippen molar-refractivity contribution < 1.29 is 9.53 Å². The lowest BCUT2D eigenvalue weighted by Gasteiger charge is -2.23. The number of nitrogens with zero attached hydrogens (tertiary/aromatic N) is 1. The smallest absolute Gasteiger partial charge is 0.414 e. The van der Waals surface area contributed by atoms with Crippen molar-refractivity contribution >= 4 is 11.8 Å². The van der Waals surface area contributed by atoms with E-state index in [1.807, 2.05) is 48.5 Å². The van der Waals surface area contributed by atoms with E-state index in [0.29, 0.717) is 12.3 Å². The highest BCUT2D eigenvalue weighted by molar-refractivity contribution is 5.83. The topological polar surface area (TPSA) is 29.5 Å². The standard InChI is InChI=1S/C18H17NO2/c1-14(16-10-6-3-7-11-16)19-17(13-21-18(19)20)12-15-8-4-2-5-9-15/h2-11,17H,1,12-13H2. The largest absolute Gasteiger partial charge is 0.447 e. The molecule has 0 aliphatic carbocycles. The van der Waals surface area contributed by atoms with Gasteiger partial charge in [-0.2, -0.15) is 0 Å². The van der Waals surface area contributed by atoms with E-state index < -0.39 is 0 Å².